The fourth-order valence-corrected chi connectivity index (χ4v) is 6.76. The van der Waals surface area contributed by atoms with Crippen LogP contribution in [0.5, 0.6) is 0 Å². The highest BCUT2D eigenvalue weighted by atomic mass is 32.1. The molecule has 5 heterocycles. The number of piperazine rings is 1. The summed E-state index contributed by atoms with van der Waals surface area (Å²) in [6, 6.07) is 0.0250. The quantitative estimate of drug-likeness (QED) is 0.331. The highest BCUT2D eigenvalue weighted by Crippen LogP contribution is 2.42. The molecule has 1 aliphatic rings. The number of anilines is 1. The fourth-order valence-electron chi connectivity index (χ4n) is 5.67. The van der Waals surface area contributed by atoms with Gasteiger partial charge in [-0.3, -0.25) is 4.79 Å². The zero-order chi connectivity index (χ0) is 30.7. The number of aromatic nitrogens is 5. The van der Waals surface area contributed by atoms with Crippen molar-refractivity contribution >= 4 is 44.5 Å². The third-order valence-electron chi connectivity index (χ3n) is 7.98. The number of hydrogen-bond acceptors (Lipinski definition) is 8. The lowest BCUT2D eigenvalue weighted by Gasteiger charge is -2.44. The SMILES string of the molecule is Cc1c(-c2[nH]c3sc(N4C[C@@H](C)N(C(=O)CN(C)C(=O)OC(C)(C)C)C[C@@H]4C)nc3c2C(C)C)cn2ncnc2c1C. The lowest BCUT2D eigenvalue weighted by atomic mass is 9.96. The number of nitrogens with zero attached hydrogens (tertiary/aromatic N) is 7. The third-order valence-corrected chi connectivity index (χ3v) is 8.99. The second-order valence-electron chi connectivity index (χ2n) is 12.8. The molecule has 4 aromatic heterocycles. The molecule has 0 saturated carbocycles. The number of thiazole rings is 1. The van der Waals surface area contributed by atoms with Crippen molar-refractivity contribution in [3.63, 3.8) is 0 Å². The van der Waals surface area contributed by atoms with Gasteiger partial charge in [0.25, 0.3) is 0 Å². The molecule has 2 atom stereocenters. The lowest BCUT2D eigenvalue weighted by molar-refractivity contribution is -0.135. The highest BCUT2D eigenvalue weighted by molar-refractivity contribution is 7.21. The van der Waals surface area contributed by atoms with E-state index in [1.54, 1.807) is 24.7 Å². The zero-order valence-electron chi connectivity index (χ0n) is 26.3. The van der Waals surface area contributed by atoms with Crippen LogP contribution in [-0.2, 0) is 9.53 Å². The van der Waals surface area contributed by atoms with Crippen LogP contribution in [0.25, 0.3) is 27.3 Å². The molecule has 42 heavy (non-hydrogen) atoms. The molecule has 4 aromatic rings. The molecule has 1 aliphatic heterocycles. The molecule has 0 unspecified atom stereocenters. The summed E-state index contributed by atoms with van der Waals surface area (Å²) in [5, 5.41) is 5.33. The van der Waals surface area contributed by atoms with E-state index in [0.717, 1.165) is 37.9 Å². The smallest absolute Gasteiger partial charge is 0.410 e. The minimum Gasteiger partial charge on any atom is -0.444 e. The fraction of sp³-hybridized carbons (Fsp3) is 0.567. The number of H-pyrrole nitrogens is 1. The van der Waals surface area contributed by atoms with Crippen LogP contribution < -0.4 is 4.90 Å². The minimum atomic E-state index is -0.612. The number of amides is 2. The Kier molecular flexibility index (Phi) is 7.71. The number of hydrogen-bond donors (Lipinski definition) is 1. The summed E-state index contributed by atoms with van der Waals surface area (Å²) in [4.78, 5) is 45.4. The predicted molar refractivity (Wildman–Crippen MR) is 166 cm³/mol. The number of fused-ring (bicyclic) bond motifs is 2. The van der Waals surface area contributed by atoms with E-state index in [4.69, 9.17) is 9.72 Å². The van der Waals surface area contributed by atoms with Crippen LogP contribution >= 0.6 is 11.3 Å². The van der Waals surface area contributed by atoms with E-state index >= 15 is 0 Å². The standard InChI is InChI=1S/C30H42N8O3S/c1-16(2)23-24(21-13-38-26(31-15-32-38)20(6)19(21)5)33-27-25(23)34-28(42-27)37-12-17(3)36(11-18(37)4)22(39)14-35(10)29(40)41-30(7,8)9/h13,15-18,33H,11-12,14H2,1-10H3/t17-,18+/m1/s1. The number of likely N-dealkylation sites (N-methyl/N-ethyl adjacent to an activating group) is 1. The molecule has 1 saturated heterocycles. The van der Waals surface area contributed by atoms with Crippen LogP contribution in [0, 0.1) is 13.8 Å². The van der Waals surface area contributed by atoms with Crippen molar-refractivity contribution in [2.45, 2.75) is 85.9 Å². The van der Waals surface area contributed by atoms with Crippen molar-refractivity contribution in [3.8, 4) is 11.3 Å². The molecular formula is C30H42N8O3S. The van der Waals surface area contributed by atoms with Crippen molar-refractivity contribution in [1.82, 2.24) is 34.4 Å². The van der Waals surface area contributed by atoms with Gasteiger partial charge in [0.05, 0.1) is 5.69 Å². The molecule has 0 radical (unpaired) electrons. The Labute approximate surface area is 250 Å². The van der Waals surface area contributed by atoms with E-state index in [-0.39, 0.29) is 30.5 Å². The molecule has 12 heteroatoms. The summed E-state index contributed by atoms with van der Waals surface area (Å²) in [5.74, 6) is 0.165. The molecule has 0 spiro atoms. The number of pyridine rings is 1. The van der Waals surface area contributed by atoms with Crippen molar-refractivity contribution in [1.29, 1.82) is 0 Å². The van der Waals surface area contributed by atoms with Gasteiger partial charge in [-0.15, -0.1) is 0 Å². The van der Waals surface area contributed by atoms with Gasteiger partial charge in [0.2, 0.25) is 5.91 Å². The van der Waals surface area contributed by atoms with Gasteiger partial charge in [0, 0.05) is 49.5 Å². The number of nitrogens with one attached hydrogen (secondary N) is 1. The number of carbonyl (C=O) groups excluding carboxylic acids is 2. The van der Waals surface area contributed by atoms with Crippen LogP contribution in [0.15, 0.2) is 12.5 Å². The van der Waals surface area contributed by atoms with E-state index in [1.807, 2.05) is 43.3 Å². The maximum Gasteiger partial charge on any atom is 0.410 e. The van der Waals surface area contributed by atoms with Gasteiger partial charge in [-0.05, 0) is 65.5 Å². The van der Waals surface area contributed by atoms with E-state index in [2.05, 4.69) is 54.6 Å². The van der Waals surface area contributed by atoms with Crippen LogP contribution in [-0.4, -0.2) is 90.7 Å². The molecule has 5 rings (SSSR count). The van der Waals surface area contributed by atoms with Crippen molar-refractivity contribution in [2.75, 3.05) is 31.6 Å². The zero-order valence-corrected chi connectivity index (χ0v) is 27.1. The average Bonchev–Trinajstić information content (AvgIpc) is 3.60. The third kappa shape index (κ3) is 5.44. The molecule has 2 amide bonds. The monoisotopic (exact) mass is 594 g/mol. The van der Waals surface area contributed by atoms with Crippen molar-refractivity contribution in [3.05, 3.63) is 29.2 Å². The van der Waals surface area contributed by atoms with Gasteiger partial charge in [-0.1, -0.05) is 25.2 Å². The first kappa shape index (κ1) is 29.8. The van der Waals surface area contributed by atoms with E-state index in [1.165, 1.54) is 16.0 Å². The summed E-state index contributed by atoms with van der Waals surface area (Å²) < 4.78 is 7.25. The number of carbonyl (C=O) groups is 2. The minimum absolute atomic E-state index is 0.0218. The highest BCUT2D eigenvalue weighted by Gasteiger charge is 2.35. The van der Waals surface area contributed by atoms with Gasteiger partial charge in [-0.25, -0.2) is 19.3 Å². The van der Waals surface area contributed by atoms with E-state index in [9.17, 15) is 9.59 Å². The Morgan fingerprint density at radius 2 is 1.88 bits per heavy atom. The topological polar surface area (TPSA) is 112 Å². The molecule has 0 aliphatic carbocycles. The molecular weight excluding hydrogens is 552 g/mol. The van der Waals surface area contributed by atoms with Gasteiger partial charge >= 0.3 is 6.09 Å². The average molecular weight is 595 g/mol. The van der Waals surface area contributed by atoms with Gasteiger partial charge in [0.1, 0.15) is 28.8 Å². The maximum absolute atomic E-state index is 13.2. The lowest BCUT2D eigenvalue weighted by Crippen LogP contribution is -2.59. The first-order chi connectivity index (χ1) is 19.7. The van der Waals surface area contributed by atoms with Crippen LogP contribution in [0.4, 0.5) is 9.93 Å². The van der Waals surface area contributed by atoms with Gasteiger partial charge in [0.15, 0.2) is 10.8 Å². The number of aromatic amines is 1. The van der Waals surface area contributed by atoms with Crippen LogP contribution in [0.2, 0.25) is 0 Å². The molecule has 1 fully saturated rings. The normalized spacial score (nSPS) is 18.0. The molecule has 226 valence electrons. The Balaban J connectivity index is 1.38. The van der Waals surface area contributed by atoms with Crippen molar-refractivity contribution < 1.29 is 14.3 Å². The summed E-state index contributed by atoms with van der Waals surface area (Å²) in [6.45, 7) is 19.4. The number of ether oxygens (including phenoxy) is 1. The number of rotatable bonds is 5. The predicted octanol–water partition coefficient (Wildman–Crippen LogP) is 5.37. The second-order valence-corrected chi connectivity index (χ2v) is 13.8. The first-order valence-electron chi connectivity index (χ1n) is 14.5. The summed E-state index contributed by atoms with van der Waals surface area (Å²) in [7, 11) is 1.60. The van der Waals surface area contributed by atoms with Crippen molar-refractivity contribution in [2.24, 2.45) is 0 Å². The molecule has 0 bridgehead atoms. The van der Waals surface area contributed by atoms with Gasteiger partial charge < -0.3 is 24.4 Å². The Morgan fingerprint density at radius 3 is 2.55 bits per heavy atom. The largest absolute Gasteiger partial charge is 0.444 e. The Bertz CT molecular complexity index is 1650. The summed E-state index contributed by atoms with van der Waals surface area (Å²) >= 11 is 1.65. The first-order valence-corrected chi connectivity index (χ1v) is 15.3. The Morgan fingerprint density at radius 1 is 1.17 bits per heavy atom. The van der Waals surface area contributed by atoms with Gasteiger partial charge in [-0.2, -0.15) is 5.10 Å². The number of aryl methyl sites for hydroxylation is 1. The Hall–Kier alpha value is -3.67. The van der Waals surface area contributed by atoms with Crippen LogP contribution in [0.1, 0.15) is 71.1 Å². The molecule has 1 N–H and O–H groups in total. The second kappa shape index (κ2) is 10.9. The molecule has 0 aromatic carbocycles. The summed E-state index contributed by atoms with van der Waals surface area (Å²) in [5.41, 5.74) is 6.90. The van der Waals surface area contributed by atoms with E-state index < -0.39 is 11.7 Å². The summed E-state index contributed by atoms with van der Waals surface area (Å²) in [6.07, 6.45) is 3.14. The maximum atomic E-state index is 13.2. The van der Waals surface area contributed by atoms with Crippen LogP contribution in [0.3, 0.4) is 0 Å². The van der Waals surface area contributed by atoms with E-state index in [0.29, 0.717) is 13.1 Å². The molecule has 11 nitrogen and oxygen atoms in total.